The lowest BCUT2D eigenvalue weighted by atomic mass is 10.3. The maximum absolute atomic E-state index is 10.9. The maximum Gasteiger partial charge on any atom is 0.212 e. The minimum Gasteiger partial charge on any atom is -0.379 e. The lowest BCUT2D eigenvalue weighted by Gasteiger charge is -2.31. The molecule has 1 saturated heterocycles. The molecular weight excluding hydrogens is 395 g/mol. The molecule has 0 bridgehead atoms. The number of hydrogen-bond donors (Lipinski definition) is 2. The molecule has 1 amide bonds. The molecule has 0 aromatic heterocycles. The number of amides is 1. The second-order valence-electron chi connectivity index (χ2n) is 6.03. The number of benzene rings is 1. The van der Waals surface area contributed by atoms with Gasteiger partial charge < -0.3 is 20.3 Å². The number of carbonyl (C=O) groups excluding carboxylic acids is 1. The number of ether oxygens (including phenoxy) is 1. The SMILES string of the molecule is O=CNC1=CSC(Nc2ccc(Cl)c(Cl)c2)N1CCCN1CCOCC1. The van der Waals surface area contributed by atoms with Crippen molar-refractivity contribution in [2.75, 3.05) is 44.7 Å². The average Bonchev–Trinajstić information content (AvgIpc) is 3.01. The van der Waals surface area contributed by atoms with Crippen LogP contribution in [0.25, 0.3) is 0 Å². The van der Waals surface area contributed by atoms with Crippen molar-refractivity contribution in [2.45, 2.75) is 11.9 Å². The Morgan fingerprint density at radius 2 is 2.04 bits per heavy atom. The smallest absolute Gasteiger partial charge is 0.212 e. The molecule has 0 saturated carbocycles. The van der Waals surface area contributed by atoms with Crippen LogP contribution in [-0.4, -0.2) is 61.1 Å². The number of morpholine rings is 1. The summed E-state index contributed by atoms with van der Waals surface area (Å²) in [6.45, 7) is 5.41. The van der Waals surface area contributed by atoms with Gasteiger partial charge in [-0.3, -0.25) is 9.69 Å². The quantitative estimate of drug-likeness (QED) is 0.635. The van der Waals surface area contributed by atoms with Crippen molar-refractivity contribution < 1.29 is 9.53 Å². The van der Waals surface area contributed by atoms with Crippen LogP contribution in [0.3, 0.4) is 0 Å². The molecule has 2 N–H and O–H groups in total. The van der Waals surface area contributed by atoms with Gasteiger partial charge in [0.1, 0.15) is 5.82 Å². The molecule has 9 heteroatoms. The van der Waals surface area contributed by atoms with Crippen LogP contribution in [0.1, 0.15) is 6.42 Å². The number of hydrogen-bond acceptors (Lipinski definition) is 6. The number of halogens is 2. The van der Waals surface area contributed by atoms with Gasteiger partial charge in [-0.1, -0.05) is 35.0 Å². The molecule has 1 aromatic carbocycles. The topological polar surface area (TPSA) is 56.8 Å². The predicted octanol–water partition coefficient (Wildman–Crippen LogP) is 3.00. The molecule has 1 aromatic rings. The zero-order valence-corrected chi connectivity index (χ0v) is 16.6. The Bertz CT molecular complexity index is 656. The Labute approximate surface area is 167 Å². The molecule has 6 nitrogen and oxygen atoms in total. The molecule has 26 heavy (non-hydrogen) atoms. The highest BCUT2D eigenvalue weighted by Gasteiger charge is 2.26. The Morgan fingerprint density at radius 1 is 1.23 bits per heavy atom. The van der Waals surface area contributed by atoms with Gasteiger partial charge in [0, 0.05) is 37.3 Å². The van der Waals surface area contributed by atoms with E-state index in [1.165, 1.54) is 0 Å². The van der Waals surface area contributed by atoms with Crippen molar-refractivity contribution in [3.63, 3.8) is 0 Å². The third-order valence-corrected chi connectivity index (χ3v) is 6.02. The van der Waals surface area contributed by atoms with Crippen molar-refractivity contribution in [3.05, 3.63) is 39.5 Å². The lowest BCUT2D eigenvalue weighted by molar-refractivity contribution is -0.109. The summed E-state index contributed by atoms with van der Waals surface area (Å²) in [6, 6.07) is 5.47. The minimum atomic E-state index is -0.0145. The van der Waals surface area contributed by atoms with E-state index < -0.39 is 0 Å². The first-order chi connectivity index (χ1) is 12.7. The monoisotopic (exact) mass is 416 g/mol. The predicted molar refractivity (Wildman–Crippen MR) is 107 cm³/mol. The fraction of sp³-hybridized carbons (Fsp3) is 0.471. The van der Waals surface area contributed by atoms with Crippen molar-refractivity contribution in [1.82, 2.24) is 15.1 Å². The standard InChI is InChI=1S/C17H22Cl2N4O2S/c18-14-3-2-13(10-15(14)19)21-17-23(16(11-26-17)20-12-24)5-1-4-22-6-8-25-9-7-22/h2-3,10-12,17,21H,1,4-9H2,(H,20,24). The second-order valence-corrected chi connectivity index (χ2v) is 7.80. The van der Waals surface area contributed by atoms with Gasteiger partial charge >= 0.3 is 0 Å². The first kappa shape index (κ1) is 19.6. The number of rotatable bonds is 8. The van der Waals surface area contributed by atoms with Gasteiger partial charge in [-0.15, -0.1) is 0 Å². The molecule has 142 valence electrons. The lowest BCUT2D eigenvalue weighted by Crippen LogP contribution is -2.41. The zero-order valence-electron chi connectivity index (χ0n) is 14.3. The molecule has 2 aliphatic rings. The van der Waals surface area contributed by atoms with Gasteiger partial charge in [-0.05, 0) is 24.6 Å². The summed E-state index contributed by atoms with van der Waals surface area (Å²) in [6.07, 6.45) is 1.71. The van der Waals surface area contributed by atoms with Crippen molar-refractivity contribution in [3.8, 4) is 0 Å². The van der Waals surface area contributed by atoms with Crippen LogP contribution < -0.4 is 10.6 Å². The van der Waals surface area contributed by atoms with Crippen LogP contribution in [0.2, 0.25) is 10.0 Å². The van der Waals surface area contributed by atoms with Crippen molar-refractivity contribution >= 4 is 47.1 Å². The van der Waals surface area contributed by atoms with Gasteiger partial charge in [-0.2, -0.15) is 0 Å². The van der Waals surface area contributed by atoms with E-state index in [0.29, 0.717) is 16.5 Å². The Hall–Kier alpha value is -1.12. The maximum atomic E-state index is 10.9. The fourth-order valence-corrected chi connectivity index (χ4v) is 4.27. The van der Waals surface area contributed by atoms with Crippen LogP contribution >= 0.6 is 35.0 Å². The van der Waals surface area contributed by atoms with Crippen LogP contribution in [-0.2, 0) is 9.53 Å². The molecule has 2 aliphatic heterocycles. The Morgan fingerprint density at radius 3 is 2.77 bits per heavy atom. The van der Waals surface area contributed by atoms with Crippen LogP contribution in [0.15, 0.2) is 29.4 Å². The molecule has 0 aliphatic carbocycles. The van der Waals surface area contributed by atoms with Gasteiger partial charge in [0.25, 0.3) is 0 Å². The second kappa shape index (κ2) is 9.71. The minimum absolute atomic E-state index is 0.0145. The molecule has 1 fully saturated rings. The summed E-state index contributed by atoms with van der Waals surface area (Å²) in [5.74, 6) is 0.810. The molecule has 3 rings (SSSR count). The van der Waals surface area contributed by atoms with Crippen molar-refractivity contribution in [2.24, 2.45) is 0 Å². The summed E-state index contributed by atoms with van der Waals surface area (Å²) in [5, 5.41) is 9.22. The van der Waals surface area contributed by atoms with Crippen LogP contribution in [0.4, 0.5) is 5.69 Å². The highest BCUT2D eigenvalue weighted by atomic mass is 35.5. The number of carbonyl (C=O) groups is 1. The van der Waals surface area contributed by atoms with E-state index in [1.807, 2.05) is 17.5 Å². The van der Waals surface area contributed by atoms with Crippen molar-refractivity contribution in [1.29, 1.82) is 0 Å². The Balaban J connectivity index is 1.58. The van der Waals surface area contributed by atoms with E-state index >= 15 is 0 Å². The van der Waals surface area contributed by atoms with Gasteiger partial charge in [0.2, 0.25) is 6.41 Å². The molecular formula is C17H22Cl2N4O2S. The summed E-state index contributed by atoms with van der Waals surface area (Å²) < 4.78 is 5.39. The summed E-state index contributed by atoms with van der Waals surface area (Å²) in [7, 11) is 0. The summed E-state index contributed by atoms with van der Waals surface area (Å²) in [4.78, 5) is 15.5. The molecule has 0 radical (unpaired) electrons. The number of anilines is 1. The third-order valence-electron chi connectivity index (χ3n) is 4.29. The van der Waals surface area contributed by atoms with Gasteiger partial charge in [-0.25, -0.2) is 0 Å². The normalized spacial score (nSPS) is 20.8. The van der Waals surface area contributed by atoms with E-state index in [2.05, 4.69) is 20.4 Å². The van der Waals surface area contributed by atoms with E-state index in [4.69, 9.17) is 27.9 Å². The number of nitrogens with one attached hydrogen (secondary N) is 2. The van der Waals surface area contributed by atoms with Gasteiger partial charge in [0.05, 0.1) is 23.3 Å². The fourth-order valence-electron chi connectivity index (χ4n) is 2.94. The highest BCUT2D eigenvalue weighted by Crippen LogP contribution is 2.32. The van der Waals surface area contributed by atoms with Crippen LogP contribution in [0, 0.1) is 0 Å². The zero-order chi connectivity index (χ0) is 18.4. The molecule has 2 heterocycles. The molecule has 1 unspecified atom stereocenters. The van der Waals surface area contributed by atoms with Gasteiger partial charge in [0.15, 0.2) is 5.50 Å². The first-order valence-electron chi connectivity index (χ1n) is 8.51. The number of thioether (sulfide) groups is 1. The number of nitrogens with zero attached hydrogens (tertiary/aromatic N) is 2. The molecule has 0 spiro atoms. The third kappa shape index (κ3) is 5.20. The summed E-state index contributed by atoms with van der Waals surface area (Å²) in [5.41, 5.74) is 0.871. The van der Waals surface area contributed by atoms with E-state index in [0.717, 1.165) is 57.3 Å². The van der Waals surface area contributed by atoms with E-state index in [1.54, 1.807) is 17.8 Å². The molecule has 1 atom stereocenters. The van der Waals surface area contributed by atoms with E-state index in [9.17, 15) is 4.79 Å². The van der Waals surface area contributed by atoms with E-state index in [-0.39, 0.29) is 5.50 Å². The summed E-state index contributed by atoms with van der Waals surface area (Å²) >= 11 is 13.7. The van der Waals surface area contributed by atoms with Crippen LogP contribution in [0.5, 0.6) is 0 Å². The first-order valence-corrected chi connectivity index (χ1v) is 10.2. The largest absolute Gasteiger partial charge is 0.379 e. The Kier molecular flexibility index (Phi) is 7.33. The average molecular weight is 417 g/mol. The highest BCUT2D eigenvalue weighted by molar-refractivity contribution is 8.03.